The summed E-state index contributed by atoms with van der Waals surface area (Å²) in [5, 5.41) is 0. The van der Waals surface area contributed by atoms with Gasteiger partial charge in [0.1, 0.15) is 0 Å². The number of hydrogen-bond donors (Lipinski definition) is 0. The first-order chi connectivity index (χ1) is 0. The molecule has 0 spiro atoms. The average molecular weight is 343 g/mol. The van der Waals surface area contributed by atoms with Gasteiger partial charge in [-0.15, -0.1) is 0 Å². The fourth-order valence-electron chi connectivity index (χ4n) is 0. The van der Waals surface area contributed by atoms with E-state index in [1.54, 1.807) is 0 Å². The average Bonchev–Trinajstić information content (AvgIpc) is 0. The molecular formula is CrLaO4Sr. The van der Waals surface area contributed by atoms with Crippen LogP contribution in [0, 0.1) is 35.6 Å². The Balaban J connectivity index is 0. The predicted molar refractivity (Wildman–Crippen MR) is 8.50 cm³/mol. The van der Waals surface area contributed by atoms with Crippen molar-refractivity contribution in [2.45, 2.75) is 0 Å². The van der Waals surface area contributed by atoms with E-state index in [2.05, 4.69) is 0 Å². The van der Waals surface area contributed by atoms with Crippen molar-refractivity contribution in [3.05, 3.63) is 0 Å². The first-order valence-electron chi connectivity index (χ1n) is 0. The Labute approximate surface area is 118 Å². The van der Waals surface area contributed by atoms with Crippen LogP contribution >= 0.6 is 0 Å². The van der Waals surface area contributed by atoms with E-state index in [4.69, 9.17) is 0 Å². The molecule has 0 amide bonds. The third-order valence-corrected chi connectivity index (χ3v) is 0. The molecule has 0 aliphatic rings. The van der Waals surface area contributed by atoms with Crippen molar-refractivity contribution in [2.24, 2.45) is 0 Å². The summed E-state index contributed by atoms with van der Waals surface area (Å²) in [6.45, 7) is 0. The van der Waals surface area contributed by atoms with Crippen LogP contribution < -0.4 is 0 Å². The molecule has 7 heteroatoms. The first kappa shape index (κ1) is 88.5. The molecule has 0 aliphatic heterocycles. The smallest absolute Gasteiger partial charge is 2.00 e. The zero-order valence-corrected chi connectivity index (χ0v) is 11.7. The molecule has 0 bridgehead atoms. The van der Waals surface area contributed by atoms with E-state index in [0.29, 0.717) is 0 Å². The summed E-state index contributed by atoms with van der Waals surface area (Å²) in [7, 11) is 0. The summed E-state index contributed by atoms with van der Waals surface area (Å²) in [4.78, 5) is 0. The molecule has 0 unspecified atom stereocenters. The van der Waals surface area contributed by atoms with Crippen molar-refractivity contribution in [3.63, 3.8) is 0 Å². The molecule has 0 saturated heterocycles. The minimum absolute atomic E-state index is 0. The van der Waals surface area contributed by atoms with Gasteiger partial charge in [-0.1, -0.05) is 0 Å². The number of hydrogen-bond acceptors (Lipinski definition) is 0. The fourth-order valence-corrected chi connectivity index (χ4v) is 0. The Kier molecular flexibility index (Phi) is 798. The third kappa shape index (κ3) is 48.4. The van der Waals surface area contributed by atoms with Gasteiger partial charge in [-0.2, -0.15) is 0 Å². The summed E-state index contributed by atoms with van der Waals surface area (Å²) in [5.41, 5.74) is 0. The van der Waals surface area contributed by atoms with Gasteiger partial charge in [-0.25, -0.2) is 0 Å². The Bertz CT molecular complexity index is 11.7. The van der Waals surface area contributed by atoms with Crippen LogP contribution in [0.4, 0.5) is 0 Å². The van der Waals surface area contributed by atoms with Crippen LogP contribution in [0.1, 0.15) is 0 Å². The Hall–Kier alpha value is 3.05. The Morgan fingerprint density at radius 1 is 0.571 bits per heavy atom. The molecular weight excluding hydrogens is 343 g/mol. The molecule has 1 radical (unpaired) electrons. The van der Waals surface area contributed by atoms with Crippen LogP contribution in [-0.2, 0) is 39.3 Å². The molecule has 0 N–H and O–H groups in total. The van der Waals surface area contributed by atoms with Crippen LogP contribution in [0.2, 0.25) is 0 Å². The largest absolute Gasteiger partial charge is 3.00 e. The molecule has 0 saturated carbocycles. The van der Waals surface area contributed by atoms with Gasteiger partial charge in [0.15, 0.2) is 0 Å². The van der Waals surface area contributed by atoms with Crippen LogP contribution in [-0.4, -0.2) is 45.5 Å². The molecule has 0 aromatic heterocycles. The maximum absolute atomic E-state index is 0. The molecule has 0 aromatic rings. The maximum Gasteiger partial charge on any atom is 3.00 e. The van der Waals surface area contributed by atoms with Crippen molar-refractivity contribution in [3.8, 4) is 0 Å². The standard InChI is InChI=1S/Cr.La.4O.Sr/q2*+3;4*-2;+2. The molecule has 0 rings (SSSR count). The molecule has 4 nitrogen and oxygen atoms in total. The zero-order chi connectivity index (χ0) is 0. The van der Waals surface area contributed by atoms with Crippen molar-refractivity contribution in [2.75, 3.05) is 0 Å². The zero-order valence-electron chi connectivity index (χ0n) is 3.33. The molecule has 0 aliphatic carbocycles. The molecule has 7 heavy (non-hydrogen) atoms. The van der Waals surface area contributed by atoms with E-state index >= 15 is 0 Å². The van der Waals surface area contributed by atoms with Gasteiger partial charge in [-0.3, -0.25) is 0 Å². The van der Waals surface area contributed by atoms with Crippen molar-refractivity contribution < 1.29 is 74.9 Å². The molecule has 35 valence electrons. The monoisotopic (exact) mass is 343 g/mol. The van der Waals surface area contributed by atoms with Crippen LogP contribution in [0.15, 0.2) is 0 Å². The van der Waals surface area contributed by atoms with E-state index < -0.39 is 0 Å². The topological polar surface area (TPSA) is 114 Å². The second kappa shape index (κ2) is 63.1. The van der Waals surface area contributed by atoms with Gasteiger partial charge >= 0.3 is 98.4 Å². The van der Waals surface area contributed by atoms with Gasteiger partial charge in [0, 0.05) is 0 Å². The van der Waals surface area contributed by atoms with Crippen molar-refractivity contribution in [1.29, 1.82) is 0 Å². The fraction of sp³-hybridized carbons (Fsp3) is 0. The summed E-state index contributed by atoms with van der Waals surface area (Å²) in [6, 6.07) is 0. The summed E-state index contributed by atoms with van der Waals surface area (Å²) >= 11 is 0. The minimum Gasteiger partial charge on any atom is -2.00 e. The summed E-state index contributed by atoms with van der Waals surface area (Å²) < 4.78 is 0. The van der Waals surface area contributed by atoms with E-state index in [1.807, 2.05) is 0 Å². The van der Waals surface area contributed by atoms with Crippen molar-refractivity contribution >= 4 is 45.5 Å². The Morgan fingerprint density at radius 2 is 0.571 bits per heavy atom. The maximum atomic E-state index is 0. The van der Waals surface area contributed by atoms with Gasteiger partial charge < -0.3 is 21.9 Å². The third-order valence-electron chi connectivity index (χ3n) is 0. The second-order valence-corrected chi connectivity index (χ2v) is 0. The summed E-state index contributed by atoms with van der Waals surface area (Å²) in [5.74, 6) is 0. The van der Waals surface area contributed by atoms with Crippen LogP contribution in [0.5, 0.6) is 0 Å². The summed E-state index contributed by atoms with van der Waals surface area (Å²) in [6.07, 6.45) is 0. The van der Waals surface area contributed by atoms with E-state index in [1.165, 1.54) is 0 Å². The predicted octanol–water partition coefficient (Wildman–Crippen LogP) is -0.859. The molecule has 0 aromatic carbocycles. The Morgan fingerprint density at radius 3 is 0.571 bits per heavy atom. The van der Waals surface area contributed by atoms with Gasteiger partial charge in [0.05, 0.1) is 0 Å². The van der Waals surface area contributed by atoms with E-state index in [0.717, 1.165) is 0 Å². The van der Waals surface area contributed by atoms with Gasteiger partial charge in [-0.05, 0) is 0 Å². The minimum atomic E-state index is 0. The SMILES string of the molecule is [Cr+3].[La+3].[O-2].[O-2].[O-2].[O-2].[Sr+2]. The van der Waals surface area contributed by atoms with E-state index in [9.17, 15) is 0 Å². The molecule has 0 fully saturated rings. The molecule has 0 heterocycles. The molecule has 0 atom stereocenters. The van der Waals surface area contributed by atoms with Gasteiger partial charge in [0.25, 0.3) is 0 Å². The van der Waals surface area contributed by atoms with Crippen molar-refractivity contribution in [1.82, 2.24) is 0 Å². The second-order valence-electron chi connectivity index (χ2n) is 0. The van der Waals surface area contributed by atoms with Crippen LogP contribution in [0.25, 0.3) is 0 Å². The van der Waals surface area contributed by atoms with Gasteiger partial charge in [0.2, 0.25) is 0 Å². The normalized spacial score (nSPS) is 0. The first-order valence-corrected chi connectivity index (χ1v) is 0. The quantitative estimate of drug-likeness (QED) is 0.510. The van der Waals surface area contributed by atoms with E-state index in [-0.39, 0.29) is 120 Å². The van der Waals surface area contributed by atoms with Crippen LogP contribution in [0.3, 0.4) is 0 Å². The number of rotatable bonds is 0.